The molecule has 162 valence electrons. The molecule has 31 heavy (non-hydrogen) atoms. The van der Waals surface area contributed by atoms with Crippen LogP contribution in [0.4, 0.5) is 5.69 Å². The van der Waals surface area contributed by atoms with Gasteiger partial charge in [0.15, 0.2) is 5.82 Å². The minimum atomic E-state index is 0.195. The zero-order chi connectivity index (χ0) is 22.0. The van der Waals surface area contributed by atoms with Crippen molar-refractivity contribution in [1.82, 2.24) is 34.5 Å². The van der Waals surface area contributed by atoms with Gasteiger partial charge in [-0.25, -0.2) is 9.97 Å². The molecule has 0 unspecified atom stereocenters. The van der Waals surface area contributed by atoms with Crippen LogP contribution in [-0.4, -0.2) is 41.1 Å². The molecular weight excluding hydrogens is 392 g/mol. The van der Waals surface area contributed by atoms with Gasteiger partial charge in [-0.15, -0.1) is 10.2 Å². The number of nitrogens with zero attached hydrogens (tertiary/aromatic N) is 7. The van der Waals surface area contributed by atoms with Gasteiger partial charge >= 0.3 is 0 Å². The first-order valence-corrected chi connectivity index (χ1v) is 10.6. The number of aromatic nitrogens is 7. The molecule has 4 rings (SSSR count). The molecule has 1 N–H and O–H groups in total. The number of aryl methyl sites for hydroxylation is 2. The van der Waals surface area contributed by atoms with Crippen LogP contribution in [0.2, 0.25) is 0 Å². The third-order valence-corrected chi connectivity index (χ3v) is 5.11. The van der Waals surface area contributed by atoms with E-state index in [4.69, 9.17) is 14.8 Å². The van der Waals surface area contributed by atoms with Crippen molar-refractivity contribution < 1.29 is 4.74 Å². The van der Waals surface area contributed by atoms with Gasteiger partial charge in [0, 0.05) is 18.8 Å². The fourth-order valence-corrected chi connectivity index (χ4v) is 3.62. The summed E-state index contributed by atoms with van der Waals surface area (Å²) in [5.74, 6) is 1.44. The Bertz CT molecular complexity index is 1190. The molecule has 0 aliphatic rings. The van der Waals surface area contributed by atoms with Gasteiger partial charge < -0.3 is 14.6 Å². The van der Waals surface area contributed by atoms with Crippen LogP contribution in [0.5, 0.6) is 5.88 Å². The summed E-state index contributed by atoms with van der Waals surface area (Å²) in [7, 11) is 0. The molecule has 9 heteroatoms. The topological polar surface area (TPSA) is 95.6 Å². The molecule has 0 radical (unpaired) electrons. The van der Waals surface area contributed by atoms with E-state index in [1.165, 1.54) is 0 Å². The summed E-state index contributed by atoms with van der Waals surface area (Å²) < 4.78 is 9.79. The van der Waals surface area contributed by atoms with Crippen molar-refractivity contribution in [3.63, 3.8) is 0 Å². The summed E-state index contributed by atoms with van der Waals surface area (Å²) in [6, 6.07) is 6.10. The molecule has 0 saturated heterocycles. The highest BCUT2D eigenvalue weighted by molar-refractivity contribution is 5.93. The van der Waals surface area contributed by atoms with Gasteiger partial charge in [0.2, 0.25) is 5.88 Å². The fourth-order valence-electron chi connectivity index (χ4n) is 3.62. The van der Waals surface area contributed by atoms with E-state index in [1.807, 2.05) is 41.3 Å². The molecular formula is C22H28N8O. The number of hydrogen-bond acceptors (Lipinski definition) is 7. The van der Waals surface area contributed by atoms with Crippen LogP contribution < -0.4 is 10.1 Å². The highest BCUT2D eigenvalue weighted by Gasteiger charge is 2.19. The lowest BCUT2D eigenvalue weighted by Crippen LogP contribution is -2.10. The van der Waals surface area contributed by atoms with Crippen molar-refractivity contribution in [3.05, 3.63) is 42.2 Å². The van der Waals surface area contributed by atoms with Crippen molar-refractivity contribution >= 4 is 16.7 Å². The summed E-state index contributed by atoms with van der Waals surface area (Å²) in [4.78, 5) is 9.35. The van der Waals surface area contributed by atoms with E-state index in [-0.39, 0.29) is 6.04 Å². The minimum Gasteiger partial charge on any atom is -0.477 e. The van der Waals surface area contributed by atoms with E-state index in [9.17, 15) is 0 Å². The molecule has 4 aromatic rings. The van der Waals surface area contributed by atoms with Crippen LogP contribution in [0.15, 0.2) is 30.7 Å². The molecule has 4 heterocycles. The third kappa shape index (κ3) is 3.95. The Morgan fingerprint density at radius 1 is 1.23 bits per heavy atom. The predicted octanol–water partition coefficient (Wildman–Crippen LogP) is 4.00. The van der Waals surface area contributed by atoms with Gasteiger partial charge in [0.25, 0.3) is 0 Å². The Balaban J connectivity index is 1.86. The monoisotopic (exact) mass is 420 g/mol. The highest BCUT2D eigenvalue weighted by atomic mass is 16.5. The van der Waals surface area contributed by atoms with E-state index < -0.39 is 0 Å². The van der Waals surface area contributed by atoms with Gasteiger partial charge in [-0.2, -0.15) is 5.10 Å². The molecule has 0 aromatic carbocycles. The normalized spacial score (nSPS) is 11.4. The van der Waals surface area contributed by atoms with Gasteiger partial charge in [-0.05, 0) is 52.8 Å². The first-order chi connectivity index (χ1) is 15.0. The fraction of sp³-hybridized carbons (Fsp3) is 0.409. The summed E-state index contributed by atoms with van der Waals surface area (Å²) >= 11 is 0. The molecule has 0 spiro atoms. The Labute approximate surface area is 181 Å². The number of fused-ring (bicyclic) bond motifs is 1. The number of pyridine rings is 2. The zero-order valence-corrected chi connectivity index (χ0v) is 18.6. The maximum absolute atomic E-state index is 5.75. The van der Waals surface area contributed by atoms with Gasteiger partial charge in [-0.1, -0.05) is 0 Å². The average molecular weight is 421 g/mol. The Morgan fingerprint density at radius 2 is 2.06 bits per heavy atom. The molecule has 9 nitrogen and oxygen atoms in total. The highest BCUT2D eigenvalue weighted by Crippen LogP contribution is 2.34. The second-order valence-electron chi connectivity index (χ2n) is 7.55. The second kappa shape index (κ2) is 8.71. The minimum absolute atomic E-state index is 0.195. The van der Waals surface area contributed by atoms with Crippen molar-refractivity contribution in [2.45, 2.75) is 53.8 Å². The van der Waals surface area contributed by atoms with Gasteiger partial charge in [0.1, 0.15) is 17.4 Å². The summed E-state index contributed by atoms with van der Waals surface area (Å²) in [6.07, 6.45) is 3.48. The summed E-state index contributed by atoms with van der Waals surface area (Å²) in [6.45, 7) is 12.1. The number of nitrogens with one attached hydrogen (secondary N) is 1. The first-order valence-electron chi connectivity index (χ1n) is 10.6. The Hall–Kier alpha value is -3.49. The molecule has 4 aromatic heterocycles. The number of hydrogen-bond donors (Lipinski definition) is 1. The van der Waals surface area contributed by atoms with Crippen molar-refractivity contribution in [1.29, 1.82) is 0 Å². The van der Waals surface area contributed by atoms with Crippen LogP contribution in [0.25, 0.3) is 22.3 Å². The SMILES string of the molecule is CCOc1ncccc1-c1cc(NCc2nncn2CC)c2c(n1)c(C)nn2C(C)C. The predicted molar refractivity (Wildman–Crippen MR) is 120 cm³/mol. The van der Waals surface area contributed by atoms with E-state index >= 15 is 0 Å². The maximum Gasteiger partial charge on any atom is 0.222 e. The lowest BCUT2D eigenvalue weighted by molar-refractivity contribution is 0.328. The number of anilines is 1. The first kappa shape index (κ1) is 20.8. The molecule has 0 bridgehead atoms. The Kier molecular flexibility index (Phi) is 5.83. The largest absolute Gasteiger partial charge is 0.477 e. The lowest BCUT2D eigenvalue weighted by atomic mass is 10.1. The van der Waals surface area contributed by atoms with Crippen molar-refractivity contribution in [2.24, 2.45) is 0 Å². The van der Waals surface area contributed by atoms with Crippen LogP contribution in [0.1, 0.15) is 45.3 Å². The van der Waals surface area contributed by atoms with Crippen LogP contribution in [0, 0.1) is 6.92 Å². The molecule has 0 atom stereocenters. The number of ether oxygens (including phenoxy) is 1. The third-order valence-electron chi connectivity index (χ3n) is 5.11. The molecule has 0 aliphatic heterocycles. The maximum atomic E-state index is 5.75. The van der Waals surface area contributed by atoms with Crippen LogP contribution >= 0.6 is 0 Å². The lowest BCUT2D eigenvalue weighted by Gasteiger charge is -2.15. The van der Waals surface area contributed by atoms with Crippen LogP contribution in [-0.2, 0) is 13.1 Å². The van der Waals surface area contributed by atoms with Gasteiger partial charge in [0.05, 0.1) is 35.8 Å². The standard InChI is InChI=1S/C22H28N8O/c1-6-29-13-25-27-19(29)12-24-18-11-17(16-9-8-10-23-22(16)31-7-2)26-20-15(5)28-30(14(3)4)21(18)20/h8-11,13-14H,6-7,12H2,1-5H3,(H,24,26). The summed E-state index contributed by atoms with van der Waals surface area (Å²) in [5.41, 5.74) is 5.29. The summed E-state index contributed by atoms with van der Waals surface area (Å²) in [5, 5.41) is 16.6. The number of rotatable bonds is 8. The smallest absolute Gasteiger partial charge is 0.222 e. The Morgan fingerprint density at radius 3 is 2.81 bits per heavy atom. The van der Waals surface area contributed by atoms with Crippen LogP contribution in [0.3, 0.4) is 0 Å². The average Bonchev–Trinajstić information content (AvgIpc) is 3.37. The molecule has 0 amide bonds. The van der Waals surface area contributed by atoms with E-state index in [1.54, 1.807) is 12.5 Å². The molecule has 0 aliphatic carbocycles. The second-order valence-corrected chi connectivity index (χ2v) is 7.55. The van der Waals surface area contributed by atoms with E-state index in [2.05, 4.69) is 41.3 Å². The van der Waals surface area contributed by atoms with Crippen molar-refractivity contribution in [3.8, 4) is 17.1 Å². The zero-order valence-electron chi connectivity index (χ0n) is 18.6. The quantitative estimate of drug-likeness (QED) is 0.460. The molecule has 0 fully saturated rings. The van der Waals surface area contributed by atoms with E-state index in [0.717, 1.165) is 46.0 Å². The van der Waals surface area contributed by atoms with Crippen molar-refractivity contribution in [2.75, 3.05) is 11.9 Å². The van der Waals surface area contributed by atoms with Gasteiger partial charge in [-0.3, -0.25) is 4.68 Å². The molecule has 0 saturated carbocycles. The van der Waals surface area contributed by atoms with E-state index in [0.29, 0.717) is 19.0 Å².